The number of ether oxygens (including phenoxy) is 1. The van der Waals surface area contributed by atoms with E-state index in [-0.39, 0.29) is 17.7 Å². The van der Waals surface area contributed by atoms with Gasteiger partial charge >= 0.3 is 0 Å². The van der Waals surface area contributed by atoms with Gasteiger partial charge < -0.3 is 4.74 Å². The van der Waals surface area contributed by atoms with Gasteiger partial charge in [0.2, 0.25) is 11.8 Å². The Labute approximate surface area is 100.0 Å². The van der Waals surface area contributed by atoms with Gasteiger partial charge in [0.05, 0.1) is 7.11 Å². The summed E-state index contributed by atoms with van der Waals surface area (Å²) in [5.41, 5.74) is 1.08. The fourth-order valence-electron chi connectivity index (χ4n) is 1.98. The first-order valence-corrected chi connectivity index (χ1v) is 5.65. The lowest BCUT2D eigenvalue weighted by Crippen LogP contribution is -2.41. The molecule has 17 heavy (non-hydrogen) atoms. The fraction of sp³-hybridized carbons (Fsp3) is 0.385. The predicted octanol–water partition coefficient (Wildman–Crippen LogP) is 1.29. The molecule has 1 aliphatic heterocycles. The van der Waals surface area contributed by atoms with E-state index in [9.17, 15) is 9.59 Å². The molecule has 0 saturated carbocycles. The SMILES string of the molecule is COc1ccc(CC2CCC(=O)NC2=O)cc1. The van der Waals surface area contributed by atoms with Crippen LogP contribution >= 0.6 is 0 Å². The van der Waals surface area contributed by atoms with Gasteiger partial charge in [-0.2, -0.15) is 0 Å². The van der Waals surface area contributed by atoms with E-state index in [1.807, 2.05) is 24.3 Å². The van der Waals surface area contributed by atoms with Crippen LogP contribution in [0, 0.1) is 5.92 Å². The first kappa shape index (κ1) is 11.6. The second kappa shape index (κ2) is 4.99. The topological polar surface area (TPSA) is 55.4 Å². The van der Waals surface area contributed by atoms with Crippen molar-refractivity contribution in [3.63, 3.8) is 0 Å². The average molecular weight is 233 g/mol. The monoisotopic (exact) mass is 233 g/mol. The number of imide groups is 1. The van der Waals surface area contributed by atoms with E-state index in [1.54, 1.807) is 7.11 Å². The van der Waals surface area contributed by atoms with Crippen molar-refractivity contribution in [2.45, 2.75) is 19.3 Å². The molecule has 1 aromatic rings. The quantitative estimate of drug-likeness (QED) is 0.800. The molecule has 2 amide bonds. The third-order valence-corrected chi connectivity index (χ3v) is 2.99. The highest BCUT2D eigenvalue weighted by Crippen LogP contribution is 2.19. The first-order chi connectivity index (χ1) is 8.19. The molecule has 4 nitrogen and oxygen atoms in total. The van der Waals surface area contributed by atoms with Crippen LogP contribution in [0.2, 0.25) is 0 Å². The van der Waals surface area contributed by atoms with Crippen LogP contribution < -0.4 is 10.1 Å². The normalized spacial score (nSPS) is 19.9. The lowest BCUT2D eigenvalue weighted by atomic mass is 9.91. The van der Waals surface area contributed by atoms with Crippen molar-refractivity contribution in [3.05, 3.63) is 29.8 Å². The number of rotatable bonds is 3. The van der Waals surface area contributed by atoms with Crippen LogP contribution in [-0.2, 0) is 16.0 Å². The lowest BCUT2D eigenvalue weighted by molar-refractivity contribution is -0.136. The van der Waals surface area contributed by atoms with E-state index in [0.717, 1.165) is 11.3 Å². The van der Waals surface area contributed by atoms with Crippen LogP contribution in [0.25, 0.3) is 0 Å². The minimum Gasteiger partial charge on any atom is -0.497 e. The van der Waals surface area contributed by atoms with Crippen LogP contribution in [0.5, 0.6) is 5.75 Å². The smallest absolute Gasteiger partial charge is 0.230 e. The molecule has 1 aromatic carbocycles. The summed E-state index contributed by atoms with van der Waals surface area (Å²) < 4.78 is 5.07. The number of carbonyl (C=O) groups excluding carboxylic acids is 2. The molecule has 0 aliphatic carbocycles. The summed E-state index contributed by atoms with van der Waals surface area (Å²) in [5.74, 6) is 0.385. The molecule has 0 radical (unpaired) electrons. The number of carbonyl (C=O) groups is 2. The molecule has 1 unspecified atom stereocenters. The largest absolute Gasteiger partial charge is 0.497 e. The van der Waals surface area contributed by atoms with E-state index < -0.39 is 0 Å². The summed E-state index contributed by atoms with van der Waals surface area (Å²) in [7, 11) is 1.62. The van der Waals surface area contributed by atoms with Gasteiger partial charge in [-0.05, 0) is 30.5 Å². The van der Waals surface area contributed by atoms with E-state index in [2.05, 4.69) is 5.32 Å². The second-order valence-electron chi connectivity index (χ2n) is 4.20. The maximum atomic E-state index is 11.6. The number of methoxy groups -OCH3 is 1. The minimum absolute atomic E-state index is 0.0962. The van der Waals surface area contributed by atoms with Crippen LogP contribution in [0.3, 0.4) is 0 Å². The van der Waals surface area contributed by atoms with Gasteiger partial charge in [-0.1, -0.05) is 12.1 Å². The molecule has 1 fully saturated rings. The summed E-state index contributed by atoms with van der Waals surface area (Å²) in [6, 6.07) is 7.65. The van der Waals surface area contributed by atoms with Gasteiger partial charge in [-0.3, -0.25) is 14.9 Å². The van der Waals surface area contributed by atoms with Crippen LogP contribution in [0.4, 0.5) is 0 Å². The maximum Gasteiger partial charge on any atom is 0.230 e. The van der Waals surface area contributed by atoms with Crippen molar-refractivity contribution in [2.24, 2.45) is 5.92 Å². The Morgan fingerprint density at radius 3 is 2.59 bits per heavy atom. The van der Waals surface area contributed by atoms with Crippen molar-refractivity contribution in [2.75, 3.05) is 7.11 Å². The fourth-order valence-corrected chi connectivity index (χ4v) is 1.98. The first-order valence-electron chi connectivity index (χ1n) is 5.65. The number of piperidine rings is 1. The zero-order valence-electron chi connectivity index (χ0n) is 9.73. The number of hydrogen-bond donors (Lipinski definition) is 1. The van der Waals surface area contributed by atoms with Gasteiger partial charge in [-0.15, -0.1) is 0 Å². The van der Waals surface area contributed by atoms with Crippen molar-refractivity contribution in [1.29, 1.82) is 0 Å². The lowest BCUT2D eigenvalue weighted by Gasteiger charge is -2.20. The predicted molar refractivity (Wildman–Crippen MR) is 62.6 cm³/mol. The van der Waals surface area contributed by atoms with E-state index in [0.29, 0.717) is 19.3 Å². The zero-order chi connectivity index (χ0) is 12.3. The minimum atomic E-state index is -0.166. The Bertz CT molecular complexity index is 425. The number of benzene rings is 1. The van der Waals surface area contributed by atoms with Gasteiger partial charge in [0, 0.05) is 12.3 Å². The second-order valence-corrected chi connectivity index (χ2v) is 4.20. The van der Waals surface area contributed by atoms with Crippen molar-refractivity contribution >= 4 is 11.8 Å². The van der Waals surface area contributed by atoms with Gasteiger partial charge in [0.15, 0.2) is 0 Å². The summed E-state index contributed by atoms with van der Waals surface area (Å²) in [4.78, 5) is 22.6. The standard InChI is InChI=1S/C13H15NO3/c1-17-11-5-2-9(3-6-11)8-10-4-7-12(15)14-13(10)16/h2-3,5-6,10H,4,7-8H2,1H3,(H,14,15,16). The molecular weight excluding hydrogens is 218 g/mol. The zero-order valence-corrected chi connectivity index (χ0v) is 9.73. The Morgan fingerprint density at radius 1 is 1.29 bits per heavy atom. The molecule has 1 aliphatic rings. The summed E-state index contributed by atoms with van der Waals surface area (Å²) >= 11 is 0. The number of nitrogens with one attached hydrogen (secondary N) is 1. The van der Waals surface area contributed by atoms with Gasteiger partial charge in [0.25, 0.3) is 0 Å². The molecule has 4 heteroatoms. The highest BCUT2D eigenvalue weighted by atomic mass is 16.5. The molecule has 0 spiro atoms. The molecule has 2 rings (SSSR count). The molecule has 1 atom stereocenters. The van der Waals surface area contributed by atoms with Gasteiger partial charge in [-0.25, -0.2) is 0 Å². The number of hydrogen-bond acceptors (Lipinski definition) is 3. The molecule has 1 saturated heterocycles. The third kappa shape index (κ3) is 2.84. The van der Waals surface area contributed by atoms with Crippen molar-refractivity contribution < 1.29 is 14.3 Å². The Hall–Kier alpha value is -1.84. The molecule has 1 heterocycles. The van der Waals surface area contributed by atoms with Crippen LogP contribution in [0.1, 0.15) is 18.4 Å². The van der Waals surface area contributed by atoms with E-state index in [1.165, 1.54) is 0 Å². The highest BCUT2D eigenvalue weighted by molar-refractivity contribution is 5.98. The molecule has 0 bridgehead atoms. The molecule has 1 N–H and O–H groups in total. The molecule has 90 valence electrons. The molecular formula is C13H15NO3. The third-order valence-electron chi connectivity index (χ3n) is 2.99. The maximum absolute atomic E-state index is 11.6. The van der Waals surface area contributed by atoms with Crippen molar-refractivity contribution in [1.82, 2.24) is 5.32 Å². The van der Waals surface area contributed by atoms with Crippen molar-refractivity contribution in [3.8, 4) is 5.75 Å². The van der Waals surface area contributed by atoms with E-state index in [4.69, 9.17) is 4.74 Å². The molecule has 0 aromatic heterocycles. The van der Waals surface area contributed by atoms with Gasteiger partial charge in [0.1, 0.15) is 5.75 Å². The van der Waals surface area contributed by atoms with Crippen LogP contribution in [0.15, 0.2) is 24.3 Å². The average Bonchev–Trinajstić information content (AvgIpc) is 2.34. The summed E-state index contributed by atoms with van der Waals surface area (Å²) in [6.07, 6.45) is 1.74. The Balaban J connectivity index is 2.00. The van der Waals surface area contributed by atoms with E-state index >= 15 is 0 Å². The summed E-state index contributed by atoms with van der Waals surface area (Å²) in [6.45, 7) is 0. The summed E-state index contributed by atoms with van der Waals surface area (Å²) in [5, 5.41) is 2.37. The Morgan fingerprint density at radius 2 is 2.00 bits per heavy atom. The number of amides is 2. The van der Waals surface area contributed by atoms with Crippen LogP contribution in [-0.4, -0.2) is 18.9 Å². The Kier molecular flexibility index (Phi) is 3.42. The highest BCUT2D eigenvalue weighted by Gasteiger charge is 2.26.